The third-order valence-corrected chi connectivity index (χ3v) is 8.92. The second-order valence-corrected chi connectivity index (χ2v) is 10.7. The molecule has 1 aromatic rings. The Kier molecular flexibility index (Phi) is 5.89. The van der Waals surface area contributed by atoms with Crippen molar-refractivity contribution >= 4 is 33.3 Å². The van der Waals surface area contributed by atoms with Crippen LogP contribution in [-0.4, -0.2) is 43.4 Å². The molecule has 1 aromatic carbocycles. The summed E-state index contributed by atoms with van der Waals surface area (Å²) < 4.78 is 67.8. The van der Waals surface area contributed by atoms with Gasteiger partial charge in [0.15, 0.2) is 16.4 Å². The number of carbonyl (C=O) groups excluding carboxylic acids is 1. The zero-order valence-corrected chi connectivity index (χ0v) is 17.9. The lowest BCUT2D eigenvalue weighted by molar-refractivity contribution is -0.153. The fourth-order valence-corrected chi connectivity index (χ4v) is 6.87. The van der Waals surface area contributed by atoms with Crippen molar-refractivity contribution in [2.24, 2.45) is 22.5 Å². The Labute approximate surface area is 186 Å². The lowest BCUT2D eigenvalue weighted by atomic mass is 9.77. The normalized spacial score (nSPS) is 29.8. The highest BCUT2D eigenvalue weighted by molar-refractivity contribution is 7.92. The molecule has 13 heteroatoms. The molecule has 0 heterocycles. The minimum absolute atomic E-state index is 0.0615. The van der Waals surface area contributed by atoms with E-state index in [0.29, 0.717) is 0 Å². The van der Waals surface area contributed by atoms with Gasteiger partial charge in [0.2, 0.25) is 5.91 Å². The molecule has 0 radical (unpaired) electrons. The van der Waals surface area contributed by atoms with Crippen molar-refractivity contribution in [3.05, 3.63) is 23.2 Å². The molecule has 2 aliphatic rings. The van der Waals surface area contributed by atoms with Crippen molar-refractivity contribution in [3.8, 4) is 11.8 Å². The third kappa shape index (κ3) is 3.99. The van der Waals surface area contributed by atoms with Gasteiger partial charge in [-0.15, -0.1) is 0 Å². The molecule has 8 nitrogen and oxygen atoms in total. The van der Waals surface area contributed by atoms with Crippen LogP contribution in [0.15, 0.2) is 23.1 Å². The summed E-state index contributed by atoms with van der Waals surface area (Å²) in [6.07, 6.45) is -5.15. The van der Waals surface area contributed by atoms with Gasteiger partial charge in [0.25, 0.3) is 0 Å². The number of benzene rings is 1. The molecule has 0 aliphatic heterocycles. The predicted octanol–water partition coefficient (Wildman–Crippen LogP) is 2.69. The number of ether oxygens (including phenoxy) is 1. The molecule has 0 spiro atoms. The van der Waals surface area contributed by atoms with Gasteiger partial charge in [-0.1, -0.05) is 11.6 Å². The number of rotatable bonds is 7. The van der Waals surface area contributed by atoms with Gasteiger partial charge >= 0.3 is 12.1 Å². The van der Waals surface area contributed by atoms with Crippen LogP contribution in [0.4, 0.5) is 13.2 Å². The summed E-state index contributed by atoms with van der Waals surface area (Å²) in [5.41, 5.74) is 2.02. The van der Waals surface area contributed by atoms with Gasteiger partial charge in [0, 0.05) is 12.0 Å². The lowest BCUT2D eigenvalue weighted by Gasteiger charge is -2.26. The van der Waals surface area contributed by atoms with Gasteiger partial charge in [-0.25, -0.2) is 8.42 Å². The topological polar surface area (TPSA) is 148 Å². The number of alkyl halides is 3. The Morgan fingerprint density at radius 2 is 2.00 bits per heavy atom. The summed E-state index contributed by atoms with van der Waals surface area (Å²) >= 11 is 6.00. The van der Waals surface area contributed by atoms with E-state index in [0.717, 1.165) is 18.2 Å². The van der Waals surface area contributed by atoms with Crippen LogP contribution < -0.4 is 10.5 Å². The van der Waals surface area contributed by atoms with E-state index >= 15 is 0 Å². The van der Waals surface area contributed by atoms with Crippen molar-refractivity contribution in [2.45, 2.75) is 42.0 Å². The van der Waals surface area contributed by atoms with E-state index in [4.69, 9.17) is 17.3 Å². The van der Waals surface area contributed by atoms with Crippen LogP contribution >= 0.6 is 11.6 Å². The number of carboxylic acids is 1. The van der Waals surface area contributed by atoms with Gasteiger partial charge in [0.1, 0.15) is 11.2 Å². The molecule has 0 bridgehead atoms. The van der Waals surface area contributed by atoms with Gasteiger partial charge in [-0.3, -0.25) is 9.59 Å². The Hall–Kier alpha value is -2.52. The molecule has 174 valence electrons. The van der Waals surface area contributed by atoms with Gasteiger partial charge in [-0.2, -0.15) is 18.4 Å². The van der Waals surface area contributed by atoms with Crippen molar-refractivity contribution in [3.63, 3.8) is 0 Å². The standard InChI is InChI=1S/C19H18ClF3N2O6S/c20-12-5-10(31-9-19(21,22)23)1-2-13(12)32(29,30)11-3-4-17(6-11,16(27)28)14-7-18(14,8-24)15(25)26/h1-2,5,11,14H,3-4,6-7,9H2,(H2,25,26)(H,27,28)/t11-,14?,17-,18?/m0/s1. The van der Waals surface area contributed by atoms with Crippen molar-refractivity contribution in [1.82, 2.24) is 0 Å². The number of halogens is 4. The molecule has 4 atom stereocenters. The van der Waals surface area contributed by atoms with Gasteiger partial charge in [0.05, 0.1) is 26.7 Å². The first-order chi connectivity index (χ1) is 14.7. The van der Waals surface area contributed by atoms with Gasteiger partial charge < -0.3 is 15.6 Å². The molecule has 2 unspecified atom stereocenters. The molecular weight excluding hydrogens is 477 g/mol. The van der Waals surface area contributed by atoms with Crippen LogP contribution in [-0.2, 0) is 19.4 Å². The average molecular weight is 495 g/mol. The molecule has 1 amide bonds. The highest BCUT2D eigenvalue weighted by Gasteiger charge is 2.72. The Morgan fingerprint density at radius 3 is 2.47 bits per heavy atom. The third-order valence-electron chi connectivity index (χ3n) is 6.25. The zero-order chi connectivity index (χ0) is 24.1. The number of hydrogen-bond acceptors (Lipinski definition) is 6. The average Bonchev–Trinajstić information content (AvgIpc) is 3.27. The lowest BCUT2D eigenvalue weighted by Crippen LogP contribution is -2.37. The molecule has 2 fully saturated rings. The smallest absolute Gasteiger partial charge is 0.422 e. The number of nitrogens with two attached hydrogens (primary N) is 1. The molecule has 3 rings (SSSR count). The summed E-state index contributed by atoms with van der Waals surface area (Å²) in [4.78, 5) is 23.5. The summed E-state index contributed by atoms with van der Waals surface area (Å²) in [7, 11) is -4.18. The minimum atomic E-state index is -4.59. The highest BCUT2D eigenvalue weighted by atomic mass is 35.5. The number of hydrogen-bond donors (Lipinski definition) is 2. The molecule has 0 aromatic heterocycles. The SMILES string of the molecule is N#CC1(C(N)=O)CC1[C@]1(C(=O)O)CC[C@H](S(=O)(=O)c2ccc(OCC(F)(F)F)cc2Cl)C1. The van der Waals surface area contributed by atoms with Crippen LogP contribution in [0.5, 0.6) is 5.75 Å². The van der Waals surface area contributed by atoms with Crippen LogP contribution in [0, 0.1) is 28.1 Å². The van der Waals surface area contributed by atoms with Crippen molar-refractivity contribution in [2.75, 3.05) is 6.61 Å². The second-order valence-electron chi connectivity index (χ2n) is 8.07. The van der Waals surface area contributed by atoms with E-state index in [1.165, 1.54) is 0 Å². The first-order valence-electron chi connectivity index (χ1n) is 9.37. The maximum atomic E-state index is 13.1. The zero-order valence-electron chi connectivity index (χ0n) is 16.4. The fraction of sp³-hybridized carbons (Fsp3) is 0.526. The molecule has 0 saturated heterocycles. The minimum Gasteiger partial charge on any atom is -0.484 e. The van der Waals surface area contributed by atoms with Crippen molar-refractivity contribution < 1.29 is 41.0 Å². The number of amides is 1. The molecular formula is C19H18ClF3N2O6S. The Bertz CT molecular complexity index is 1120. The molecule has 2 saturated carbocycles. The number of carbonyl (C=O) groups is 2. The van der Waals surface area contributed by atoms with E-state index in [-0.39, 0.29) is 41.4 Å². The Morgan fingerprint density at radius 1 is 1.34 bits per heavy atom. The van der Waals surface area contributed by atoms with Crippen LogP contribution in [0.25, 0.3) is 0 Å². The first-order valence-corrected chi connectivity index (χ1v) is 11.3. The van der Waals surface area contributed by atoms with Crippen LogP contribution in [0.2, 0.25) is 5.02 Å². The molecule has 2 aliphatic carbocycles. The van der Waals surface area contributed by atoms with Crippen LogP contribution in [0.3, 0.4) is 0 Å². The summed E-state index contributed by atoms with van der Waals surface area (Å²) in [5.74, 6) is -3.46. The number of nitriles is 1. The Balaban J connectivity index is 1.85. The maximum absolute atomic E-state index is 13.1. The first kappa shape index (κ1) is 24.1. The van der Waals surface area contributed by atoms with E-state index in [1.54, 1.807) is 6.07 Å². The quantitative estimate of drug-likeness (QED) is 0.592. The number of primary amides is 1. The van der Waals surface area contributed by atoms with E-state index in [2.05, 4.69) is 4.74 Å². The monoisotopic (exact) mass is 494 g/mol. The van der Waals surface area contributed by atoms with E-state index in [1.807, 2.05) is 0 Å². The summed E-state index contributed by atoms with van der Waals surface area (Å²) in [5, 5.41) is 17.7. The highest BCUT2D eigenvalue weighted by Crippen LogP contribution is 2.66. The number of nitrogens with zero attached hydrogens (tertiary/aromatic N) is 1. The van der Waals surface area contributed by atoms with E-state index < -0.39 is 56.5 Å². The van der Waals surface area contributed by atoms with Crippen LogP contribution in [0.1, 0.15) is 25.7 Å². The number of carboxylic acid groups (broad SMARTS) is 1. The van der Waals surface area contributed by atoms with Gasteiger partial charge in [-0.05, 0) is 37.8 Å². The van der Waals surface area contributed by atoms with E-state index in [9.17, 15) is 41.5 Å². The fourth-order valence-electron chi connectivity index (χ4n) is 4.48. The summed E-state index contributed by atoms with van der Waals surface area (Å²) in [6.45, 7) is -1.58. The second kappa shape index (κ2) is 7.81. The van der Waals surface area contributed by atoms with Crippen molar-refractivity contribution in [1.29, 1.82) is 5.26 Å². The molecule has 32 heavy (non-hydrogen) atoms. The maximum Gasteiger partial charge on any atom is 0.422 e. The number of sulfone groups is 1. The largest absolute Gasteiger partial charge is 0.484 e. The predicted molar refractivity (Wildman–Crippen MR) is 103 cm³/mol. The summed E-state index contributed by atoms with van der Waals surface area (Å²) in [6, 6.07) is 4.75. The number of aliphatic carboxylic acids is 1. The molecule has 3 N–H and O–H groups in total.